The number of nitrogens with one attached hydrogen (secondary N) is 1. The van der Waals surface area contributed by atoms with Crippen LogP contribution in [0.5, 0.6) is 0 Å². The van der Waals surface area contributed by atoms with Gasteiger partial charge in [-0.3, -0.25) is 9.48 Å². The highest BCUT2D eigenvalue weighted by molar-refractivity contribution is 7.89. The van der Waals surface area contributed by atoms with Crippen molar-refractivity contribution in [2.24, 2.45) is 13.0 Å². The predicted octanol–water partition coefficient (Wildman–Crippen LogP) is 2.12. The number of anilines is 1. The fourth-order valence-corrected chi connectivity index (χ4v) is 5.40. The number of aromatic nitrogens is 3. The van der Waals surface area contributed by atoms with Crippen molar-refractivity contribution < 1.29 is 13.2 Å². The number of halogens is 1. The Labute approximate surface area is 163 Å². The number of nitrogens with zero attached hydrogens (tertiary/aromatic N) is 4. The first-order valence-electron chi connectivity index (χ1n) is 8.63. The Balaban J connectivity index is 1.67. The lowest BCUT2D eigenvalue weighted by Crippen LogP contribution is -2.41. The Morgan fingerprint density at radius 3 is 2.52 bits per heavy atom. The molecule has 0 aromatic carbocycles. The third kappa shape index (κ3) is 3.99. The van der Waals surface area contributed by atoms with Gasteiger partial charge in [0.1, 0.15) is 15.9 Å². The van der Waals surface area contributed by atoms with Crippen LogP contribution < -0.4 is 5.32 Å². The van der Waals surface area contributed by atoms with E-state index in [1.165, 1.54) is 8.99 Å². The van der Waals surface area contributed by atoms with Gasteiger partial charge in [0.15, 0.2) is 0 Å². The van der Waals surface area contributed by atoms with Gasteiger partial charge in [-0.15, -0.1) is 0 Å². The standard InChI is InChI=1S/C17H22ClN5O3S/c1-11-4-7-19-14(10-11)20-17(24)13-5-8-23(9-6-13)27(25,26)15-12(2)21-22(3)16(15)18/h4,7,10,13H,5-6,8-9H2,1-3H3,(H,19,20,24). The molecule has 2 aromatic rings. The fourth-order valence-electron chi connectivity index (χ4n) is 3.22. The molecule has 1 amide bonds. The summed E-state index contributed by atoms with van der Waals surface area (Å²) in [5.41, 5.74) is 1.37. The number of carbonyl (C=O) groups is 1. The average molecular weight is 412 g/mol. The lowest BCUT2D eigenvalue weighted by Gasteiger charge is -2.30. The molecule has 146 valence electrons. The van der Waals surface area contributed by atoms with Crippen LogP contribution in [0.4, 0.5) is 5.82 Å². The summed E-state index contributed by atoms with van der Waals surface area (Å²) < 4.78 is 28.6. The van der Waals surface area contributed by atoms with Crippen LogP contribution >= 0.6 is 11.6 Å². The molecule has 10 heteroatoms. The van der Waals surface area contributed by atoms with Crippen molar-refractivity contribution in [1.29, 1.82) is 0 Å². The van der Waals surface area contributed by atoms with Crippen molar-refractivity contribution in [3.05, 3.63) is 34.7 Å². The van der Waals surface area contributed by atoms with Crippen LogP contribution in [-0.2, 0) is 21.9 Å². The van der Waals surface area contributed by atoms with E-state index >= 15 is 0 Å². The third-order valence-electron chi connectivity index (χ3n) is 4.69. The monoisotopic (exact) mass is 411 g/mol. The molecule has 3 heterocycles. The number of hydrogen-bond donors (Lipinski definition) is 1. The third-order valence-corrected chi connectivity index (χ3v) is 7.28. The van der Waals surface area contributed by atoms with Crippen molar-refractivity contribution >= 4 is 33.3 Å². The van der Waals surface area contributed by atoms with E-state index in [2.05, 4.69) is 15.4 Å². The minimum Gasteiger partial charge on any atom is -0.310 e. The average Bonchev–Trinajstić information content (AvgIpc) is 2.87. The van der Waals surface area contributed by atoms with Crippen LogP contribution in [0.15, 0.2) is 23.2 Å². The number of carbonyl (C=O) groups excluding carboxylic acids is 1. The molecule has 8 nitrogen and oxygen atoms in total. The van der Waals surface area contributed by atoms with Gasteiger partial charge in [-0.2, -0.15) is 9.40 Å². The van der Waals surface area contributed by atoms with Crippen molar-refractivity contribution in [2.45, 2.75) is 31.6 Å². The quantitative estimate of drug-likeness (QED) is 0.831. The maximum atomic E-state index is 12.9. The minimum absolute atomic E-state index is 0.0403. The zero-order valence-electron chi connectivity index (χ0n) is 15.4. The number of rotatable bonds is 4. The van der Waals surface area contributed by atoms with E-state index in [-0.39, 0.29) is 35.0 Å². The Bertz CT molecular complexity index is 965. The second-order valence-corrected chi connectivity index (χ2v) is 8.95. The Morgan fingerprint density at radius 2 is 1.96 bits per heavy atom. The van der Waals surface area contributed by atoms with Gasteiger partial charge in [0.25, 0.3) is 0 Å². The second kappa shape index (κ2) is 7.57. The van der Waals surface area contributed by atoms with Gasteiger partial charge in [0.05, 0.1) is 5.69 Å². The first-order chi connectivity index (χ1) is 12.7. The van der Waals surface area contributed by atoms with Crippen LogP contribution in [0.2, 0.25) is 5.15 Å². The molecule has 0 aliphatic carbocycles. The molecular formula is C17H22ClN5O3S. The Kier molecular flexibility index (Phi) is 5.55. The summed E-state index contributed by atoms with van der Waals surface area (Å²) >= 11 is 6.12. The van der Waals surface area contributed by atoms with Crippen molar-refractivity contribution in [2.75, 3.05) is 18.4 Å². The number of amides is 1. The number of hydrogen-bond acceptors (Lipinski definition) is 5. The van der Waals surface area contributed by atoms with E-state index in [4.69, 9.17) is 11.6 Å². The molecule has 0 saturated carbocycles. The molecule has 1 saturated heterocycles. The summed E-state index contributed by atoms with van der Waals surface area (Å²) in [6.45, 7) is 4.05. The molecular weight excluding hydrogens is 390 g/mol. The zero-order valence-corrected chi connectivity index (χ0v) is 17.0. The zero-order chi connectivity index (χ0) is 19.8. The SMILES string of the molecule is Cc1ccnc(NC(=O)C2CCN(S(=O)(=O)c3c(C)nn(C)c3Cl)CC2)c1. The summed E-state index contributed by atoms with van der Waals surface area (Å²) in [5.74, 6) is 0.109. The molecule has 1 fully saturated rings. The van der Waals surface area contributed by atoms with E-state index in [9.17, 15) is 13.2 Å². The summed E-state index contributed by atoms with van der Waals surface area (Å²) in [7, 11) is -2.14. The van der Waals surface area contributed by atoms with Crippen LogP contribution in [0, 0.1) is 19.8 Å². The van der Waals surface area contributed by atoms with Crippen LogP contribution in [0.25, 0.3) is 0 Å². The lowest BCUT2D eigenvalue weighted by molar-refractivity contribution is -0.120. The van der Waals surface area contributed by atoms with Gasteiger partial charge in [-0.1, -0.05) is 11.6 Å². The Hall–Kier alpha value is -1.97. The first-order valence-corrected chi connectivity index (χ1v) is 10.4. The van der Waals surface area contributed by atoms with Gasteiger partial charge >= 0.3 is 0 Å². The number of aryl methyl sites for hydroxylation is 3. The largest absolute Gasteiger partial charge is 0.310 e. The van der Waals surface area contributed by atoms with E-state index in [1.54, 1.807) is 26.2 Å². The number of sulfonamides is 1. The molecule has 3 rings (SSSR count). The van der Waals surface area contributed by atoms with Crippen molar-refractivity contribution in [3.63, 3.8) is 0 Å². The molecule has 0 bridgehead atoms. The molecule has 1 N–H and O–H groups in total. The highest BCUT2D eigenvalue weighted by Gasteiger charge is 2.35. The van der Waals surface area contributed by atoms with Gasteiger partial charge in [-0.25, -0.2) is 13.4 Å². The molecule has 0 radical (unpaired) electrons. The Morgan fingerprint density at radius 1 is 1.30 bits per heavy atom. The van der Waals surface area contributed by atoms with Gasteiger partial charge in [-0.05, 0) is 44.4 Å². The maximum absolute atomic E-state index is 12.9. The van der Waals surface area contributed by atoms with Gasteiger partial charge in [0.2, 0.25) is 15.9 Å². The number of piperidine rings is 1. The summed E-state index contributed by atoms with van der Waals surface area (Å²) in [6, 6.07) is 3.65. The van der Waals surface area contributed by atoms with Crippen LogP contribution in [0.1, 0.15) is 24.1 Å². The first kappa shape index (κ1) is 19.8. The van der Waals surface area contributed by atoms with Crippen molar-refractivity contribution in [1.82, 2.24) is 19.1 Å². The summed E-state index contributed by atoms with van der Waals surface area (Å²) in [4.78, 5) is 16.6. The predicted molar refractivity (Wildman–Crippen MR) is 102 cm³/mol. The molecule has 27 heavy (non-hydrogen) atoms. The van der Waals surface area contributed by atoms with E-state index in [1.807, 2.05) is 13.0 Å². The van der Waals surface area contributed by atoms with E-state index in [0.29, 0.717) is 24.4 Å². The van der Waals surface area contributed by atoms with E-state index < -0.39 is 10.0 Å². The summed E-state index contributed by atoms with van der Waals surface area (Å²) in [5, 5.41) is 6.98. The smallest absolute Gasteiger partial charge is 0.248 e. The topological polar surface area (TPSA) is 97.2 Å². The molecule has 0 spiro atoms. The van der Waals surface area contributed by atoms with Crippen molar-refractivity contribution in [3.8, 4) is 0 Å². The maximum Gasteiger partial charge on any atom is 0.248 e. The molecule has 2 aromatic heterocycles. The molecule has 0 unspecified atom stereocenters. The summed E-state index contributed by atoms with van der Waals surface area (Å²) in [6.07, 6.45) is 2.52. The molecule has 1 aliphatic rings. The highest BCUT2D eigenvalue weighted by atomic mass is 35.5. The normalized spacial score (nSPS) is 16.4. The van der Waals surface area contributed by atoms with E-state index in [0.717, 1.165) is 5.56 Å². The highest BCUT2D eigenvalue weighted by Crippen LogP contribution is 2.30. The molecule has 0 atom stereocenters. The lowest BCUT2D eigenvalue weighted by atomic mass is 9.97. The minimum atomic E-state index is -3.74. The van der Waals surface area contributed by atoms with Gasteiger partial charge in [0, 0.05) is 32.3 Å². The second-order valence-electron chi connectivity index (χ2n) is 6.71. The fraction of sp³-hybridized carbons (Fsp3) is 0.471. The van der Waals surface area contributed by atoms with Crippen LogP contribution in [-0.4, -0.2) is 46.5 Å². The van der Waals surface area contributed by atoms with Gasteiger partial charge < -0.3 is 5.32 Å². The number of pyridine rings is 1. The molecule has 1 aliphatic heterocycles. The van der Waals surface area contributed by atoms with Crippen LogP contribution in [0.3, 0.4) is 0 Å².